The Morgan fingerprint density at radius 3 is 2.49 bits per heavy atom. The minimum absolute atomic E-state index is 0.0309. The average molecular weight is 538 g/mol. The number of fused-ring (bicyclic) bond motifs is 1. The van der Waals surface area contributed by atoms with E-state index in [1.165, 1.54) is 11.3 Å². The Labute approximate surface area is 229 Å². The van der Waals surface area contributed by atoms with Gasteiger partial charge in [0.25, 0.3) is 5.91 Å². The smallest absolute Gasteiger partial charge is 0.268 e. The molecule has 4 N–H and O–H groups in total. The fraction of sp³-hybridized carbons (Fsp3) is 0.133. The maximum Gasteiger partial charge on any atom is 0.268 e. The minimum atomic E-state index is -0.451. The predicted molar refractivity (Wildman–Crippen MR) is 155 cm³/mol. The summed E-state index contributed by atoms with van der Waals surface area (Å²) in [5, 5.41) is 6.05. The zero-order valence-corrected chi connectivity index (χ0v) is 22.1. The Balaban J connectivity index is 1.37. The maximum atomic E-state index is 13.2. The van der Waals surface area contributed by atoms with Crippen molar-refractivity contribution in [2.75, 3.05) is 17.2 Å². The second kappa shape index (κ2) is 11.3. The van der Waals surface area contributed by atoms with Gasteiger partial charge >= 0.3 is 0 Å². The first-order valence-corrected chi connectivity index (χ1v) is 13.3. The summed E-state index contributed by atoms with van der Waals surface area (Å²) in [6.45, 7) is 2.43. The number of anilines is 2. The molecule has 0 saturated heterocycles. The van der Waals surface area contributed by atoms with Gasteiger partial charge in [0, 0.05) is 29.1 Å². The first-order valence-electron chi connectivity index (χ1n) is 12.5. The number of nitrogens with zero attached hydrogens (tertiary/aromatic N) is 2. The Morgan fingerprint density at radius 1 is 0.949 bits per heavy atom. The third kappa shape index (κ3) is 5.89. The molecule has 0 saturated carbocycles. The van der Waals surface area contributed by atoms with E-state index in [0.29, 0.717) is 27.6 Å². The number of primary amides is 1. The van der Waals surface area contributed by atoms with E-state index in [2.05, 4.69) is 15.6 Å². The molecule has 196 valence electrons. The van der Waals surface area contributed by atoms with Crippen molar-refractivity contribution in [2.45, 2.75) is 19.9 Å². The number of hydrogen-bond donors (Lipinski definition) is 3. The molecule has 0 aliphatic rings. The van der Waals surface area contributed by atoms with E-state index in [1.807, 2.05) is 73.7 Å². The van der Waals surface area contributed by atoms with E-state index in [1.54, 1.807) is 22.8 Å². The minimum Gasteiger partial charge on any atom is -0.378 e. The van der Waals surface area contributed by atoms with E-state index in [9.17, 15) is 14.4 Å². The molecule has 5 aromatic rings. The van der Waals surface area contributed by atoms with Crippen LogP contribution in [0.5, 0.6) is 0 Å². The molecule has 39 heavy (non-hydrogen) atoms. The molecule has 0 bridgehead atoms. The van der Waals surface area contributed by atoms with Crippen molar-refractivity contribution in [3.63, 3.8) is 0 Å². The van der Waals surface area contributed by atoms with Crippen molar-refractivity contribution in [3.05, 3.63) is 101 Å². The van der Waals surface area contributed by atoms with Crippen molar-refractivity contribution in [2.24, 2.45) is 5.73 Å². The van der Waals surface area contributed by atoms with Gasteiger partial charge in [-0.1, -0.05) is 54.6 Å². The molecule has 8 nitrogen and oxygen atoms in total. The SMILES string of the molecule is Cc1ccccc1-c1ccc(C(=O)Nc2nc3cc(NCC(=O)c4ccccc4)ccc3n2CCC(N)=O)s1. The lowest BCUT2D eigenvalue weighted by Gasteiger charge is -2.09. The van der Waals surface area contributed by atoms with E-state index in [-0.39, 0.29) is 31.2 Å². The number of aromatic nitrogens is 2. The lowest BCUT2D eigenvalue weighted by atomic mass is 10.1. The van der Waals surface area contributed by atoms with Crippen molar-refractivity contribution < 1.29 is 14.4 Å². The first-order chi connectivity index (χ1) is 18.9. The molecular formula is C30H27N5O3S. The molecule has 0 aliphatic carbocycles. The zero-order valence-electron chi connectivity index (χ0n) is 21.3. The van der Waals surface area contributed by atoms with Crippen LogP contribution in [-0.2, 0) is 11.3 Å². The number of Topliss-reactive ketones (excluding diaryl/α,β-unsaturated/α-hetero) is 1. The second-order valence-electron chi connectivity index (χ2n) is 9.08. The Morgan fingerprint density at radius 2 is 1.72 bits per heavy atom. The van der Waals surface area contributed by atoms with E-state index < -0.39 is 5.91 Å². The number of carbonyl (C=O) groups excluding carboxylic acids is 3. The quantitative estimate of drug-likeness (QED) is 0.203. The number of hydrogen-bond acceptors (Lipinski definition) is 6. The van der Waals surface area contributed by atoms with Gasteiger partial charge in [-0.2, -0.15) is 0 Å². The van der Waals surface area contributed by atoms with Crippen LogP contribution < -0.4 is 16.4 Å². The number of imidazole rings is 1. The predicted octanol–water partition coefficient (Wildman–Crippen LogP) is 5.50. The monoisotopic (exact) mass is 537 g/mol. The fourth-order valence-electron chi connectivity index (χ4n) is 4.31. The second-order valence-corrected chi connectivity index (χ2v) is 10.2. The van der Waals surface area contributed by atoms with Gasteiger partial charge in [-0.25, -0.2) is 4.98 Å². The van der Waals surface area contributed by atoms with Crippen molar-refractivity contribution in [3.8, 4) is 10.4 Å². The number of thiophene rings is 1. The summed E-state index contributed by atoms with van der Waals surface area (Å²) in [4.78, 5) is 43.4. The third-order valence-electron chi connectivity index (χ3n) is 6.34. The lowest BCUT2D eigenvalue weighted by Crippen LogP contribution is -2.18. The number of rotatable bonds is 10. The summed E-state index contributed by atoms with van der Waals surface area (Å²) >= 11 is 1.40. The fourth-order valence-corrected chi connectivity index (χ4v) is 5.30. The van der Waals surface area contributed by atoms with Crippen molar-refractivity contribution in [1.82, 2.24) is 9.55 Å². The highest BCUT2D eigenvalue weighted by Crippen LogP contribution is 2.31. The van der Waals surface area contributed by atoms with Crippen LogP contribution in [0.15, 0.2) is 84.9 Å². The number of carbonyl (C=O) groups is 3. The standard InChI is InChI=1S/C30H27N5O3S/c1-19-7-5-6-10-22(19)26-13-14-27(39-26)29(38)34-30-33-23-17-21(11-12-24(23)35(30)16-15-28(31)37)32-18-25(36)20-8-3-2-4-9-20/h2-14,17,32H,15-16,18H2,1H3,(H2,31,37)(H,33,34,38). The molecule has 2 amide bonds. The summed E-state index contributed by atoms with van der Waals surface area (Å²) in [6, 6.07) is 26.3. The molecule has 9 heteroatoms. The Kier molecular flexibility index (Phi) is 7.51. The Bertz CT molecular complexity index is 1670. The van der Waals surface area contributed by atoms with Gasteiger partial charge in [-0.3, -0.25) is 19.7 Å². The molecule has 0 spiro atoms. The summed E-state index contributed by atoms with van der Waals surface area (Å²) in [5.74, 6) is -0.452. The van der Waals surface area contributed by atoms with Crippen LogP contribution in [-0.4, -0.2) is 33.7 Å². The van der Waals surface area contributed by atoms with Gasteiger partial charge in [0.05, 0.1) is 22.5 Å². The van der Waals surface area contributed by atoms with Gasteiger partial charge in [-0.15, -0.1) is 11.3 Å². The molecule has 0 aliphatic heterocycles. The summed E-state index contributed by atoms with van der Waals surface area (Å²) in [5.41, 5.74) is 10.3. The normalized spacial score (nSPS) is 10.9. The summed E-state index contributed by atoms with van der Waals surface area (Å²) < 4.78 is 1.77. The van der Waals surface area contributed by atoms with Gasteiger partial charge in [-0.05, 0) is 48.4 Å². The van der Waals surface area contributed by atoms with Gasteiger partial charge in [0.1, 0.15) is 0 Å². The van der Waals surface area contributed by atoms with Gasteiger partial charge < -0.3 is 15.6 Å². The van der Waals surface area contributed by atoms with Crippen LogP contribution in [0, 0.1) is 6.92 Å². The highest BCUT2D eigenvalue weighted by atomic mass is 32.1. The van der Waals surface area contributed by atoms with E-state index in [0.717, 1.165) is 21.5 Å². The third-order valence-corrected chi connectivity index (χ3v) is 7.46. The van der Waals surface area contributed by atoms with Crippen LogP contribution in [0.4, 0.5) is 11.6 Å². The molecular weight excluding hydrogens is 510 g/mol. The molecule has 2 heterocycles. The number of nitrogens with two attached hydrogens (primary N) is 1. The lowest BCUT2D eigenvalue weighted by molar-refractivity contribution is -0.118. The van der Waals surface area contributed by atoms with E-state index >= 15 is 0 Å². The number of aryl methyl sites for hydroxylation is 2. The number of ketones is 1. The van der Waals surface area contributed by atoms with Crippen LogP contribution in [0.3, 0.4) is 0 Å². The summed E-state index contributed by atoms with van der Waals surface area (Å²) in [7, 11) is 0. The van der Waals surface area contributed by atoms with Crippen molar-refractivity contribution in [1.29, 1.82) is 0 Å². The van der Waals surface area contributed by atoms with Gasteiger partial charge in [0.15, 0.2) is 5.78 Å². The molecule has 0 unspecified atom stereocenters. The summed E-state index contributed by atoms with van der Waals surface area (Å²) in [6.07, 6.45) is 0.0936. The highest BCUT2D eigenvalue weighted by molar-refractivity contribution is 7.17. The van der Waals surface area contributed by atoms with E-state index in [4.69, 9.17) is 5.73 Å². The molecule has 0 fully saturated rings. The van der Waals surface area contributed by atoms with Crippen molar-refractivity contribution >= 4 is 51.6 Å². The van der Waals surface area contributed by atoms with Crippen LogP contribution in [0.2, 0.25) is 0 Å². The van der Waals surface area contributed by atoms with Crippen LogP contribution >= 0.6 is 11.3 Å². The molecule has 2 aromatic heterocycles. The highest BCUT2D eigenvalue weighted by Gasteiger charge is 2.18. The largest absolute Gasteiger partial charge is 0.378 e. The number of benzene rings is 3. The number of amides is 2. The molecule has 0 atom stereocenters. The average Bonchev–Trinajstić information content (AvgIpc) is 3.56. The topological polar surface area (TPSA) is 119 Å². The molecule has 5 rings (SSSR count). The Hall–Kier alpha value is -4.76. The zero-order chi connectivity index (χ0) is 27.4. The number of nitrogens with one attached hydrogen (secondary N) is 2. The molecule has 3 aromatic carbocycles. The van der Waals surface area contributed by atoms with Crippen LogP contribution in [0.1, 0.15) is 32.0 Å². The first kappa shape index (κ1) is 25.9. The van der Waals surface area contributed by atoms with Gasteiger partial charge in [0.2, 0.25) is 11.9 Å². The van der Waals surface area contributed by atoms with Crippen LogP contribution in [0.25, 0.3) is 21.5 Å². The molecule has 0 radical (unpaired) electrons. The maximum absolute atomic E-state index is 13.2.